The van der Waals surface area contributed by atoms with Gasteiger partial charge in [-0.1, -0.05) is 12.8 Å². The molecule has 0 bridgehead atoms. The quantitative estimate of drug-likeness (QED) is 0.725. The number of aliphatic carboxylic acids is 1. The average molecular weight is 197 g/mol. The third kappa shape index (κ3) is 1.54. The van der Waals surface area contributed by atoms with Crippen molar-refractivity contribution < 1.29 is 9.90 Å². The SMILES string of the molecule is C[C@@H](NC1CCC12CCCC2)C(=O)O. The third-order valence-electron chi connectivity index (χ3n) is 4.09. The minimum atomic E-state index is -0.731. The van der Waals surface area contributed by atoms with Crippen LogP contribution in [0, 0.1) is 5.41 Å². The molecule has 0 aromatic heterocycles. The molecule has 0 amide bonds. The van der Waals surface area contributed by atoms with Gasteiger partial charge in [0.15, 0.2) is 0 Å². The summed E-state index contributed by atoms with van der Waals surface area (Å²) in [7, 11) is 0. The topological polar surface area (TPSA) is 49.3 Å². The number of hydrogen-bond acceptors (Lipinski definition) is 2. The smallest absolute Gasteiger partial charge is 0.320 e. The van der Waals surface area contributed by atoms with Crippen LogP contribution < -0.4 is 5.32 Å². The van der Waals surface area contributed by atoms with Gasteiger partial charge < -0.3 is 10.4 Å². The Morgan fingerprint density at radius 3 is 2.50 bits per heavy atom. The second-order valence-electron chi connectivity index (χ2n) is 4.89. The molecule has 0 aliphatic heterocycles. The van der Waals surface area contributed by atoms with Crippen LogP contribution in [-0.4, -0.2) is 23.2 Å². The van der Waals surface area contributed by atoms with Crippen LogP contribution in [0.3, 0.4) is 0 Å². The monoisotopic (exact) mass is 197 g/mol. The van der Waals surface area contributed by atoms with E-state index in [4.69, 9.17) is 5.11 Å². The summed E-state index contributed by atoms with van der Waals surface area (Å²) in [6, 6.07) is 0.0777. The molecule has 2 N–H and O–H groups in total. The van der Waals surface area contributed by atoms with Gasteiger partial charge in [0.1, 0.15) is 6.04 Å². The number of rotatable bonds is 3. The molecule has 0 radical (unpaired) electrons. The van der Waals surface area contributed by atoms with Gasteiger partial charge in [-0.2, -0.15) is 0 Å². The summed E-state index contributed by atoms with van der Waals surface area (Å²) in [5.41, 5.74) is 0.476. The van der Waals surface area contributed by atoms with E-state index < -0.39 is 12.0 Å². The van der Waals surface area contributed by atoms with E-state index in [0.717, 1.165) is 6.42 Å². The van der Waals surface area contributed by atoms with Crippen molar-refractivity contribution >= 4 is 5.97 Å². The van der Waals surface area contributed by atoms with Gasteiger partial charge in [-0.25, -0.2) is 0 Å². The number of carboxylic acids is 1. The van der Waals surface area contributed by atoms with Crippen LogP contribution in [0.5, 0.6) is 0 Å². The van der Waals surface area contributed by atoms with Gasteiger partial charge in [0.25, 0.3) is 0 Å². The molecule has 0 aromatic rings. The lowest BCUT2D eigenvalue weighted by Crippen LogP contribution is -2.56. The standard InChI is InChI=1S/C11H19NO2/c1-8(10(13)14)12-9-4-7-11(9)5-2-3-6-11/h8-9,12H,2-7H2,1H3,(H,13,14)/t8-,9?/m1/s1. The minimum absolute atomic E-state index is 0.391. The van der Waals surface area contributed by atoms with Crippen molar-refractivity contribution in [1.82, 2.24) is 5.32 Å². The Hall–Kier alpha value is -0.570. The van der Waals surface area contributed by atoms with Gasteiger partial charge >= 0.3 is 5.97 Å². The summed E-state index contributed by atoms with van der Waals surface area (Å²) < 4.78 is 0. The molecule has 2 aliphatic carbocycles. The molecule has 0 saturated heterocycles. The summed E-state index contributed by atoms with van der Waals surface area (Å²) >= 11 is 0. The minimum Gasteiger partial charge on any atom is -0.480 e. The normalized spacial score (nSPS) is 31.4. The van der Waals surface area contributed by atoms with E-state index in [1.54, 1.807) is 6.92 Å². The molecule has 1 unspecified atom stereocenters. The summed E-state index contributed by atoms with van der Waals surface area (Å²) in [6.07, 6.45) is 7.74. The molecule has 2 aliphatic rings. The highest BCUT2D eigenvalue weighted by Crippen LogP contribution is 2.53. The van der Waals surface area contributed by atoms with E-state index in [1.807, 2.05) is 0 Å². The highest BCUT2D eigenvalue weighted by molar-refractivity contribution is 5.72. The Bertz CT molecular complexity index is 233. The zero-order chi connectivity index (χ0) is 10.2. The van der Waals surface area contributed by atoms with Gasteiger partial charge in [-0.3, -0.25) is 4.79 Å². The largest absolute Gasteiger partial charge is 0.480 e. The maximum Gasteiger partial charge on any atom is 0.320 e. The van der Waals surface area contributed by atoms with Crippen LogP contribution in [-0.2, 0) is 4.79 Å². The fourth-order valence-electron chi connectivity index (χ4n) is 3.01. The van der Waals surface area contributed by atoms with Gasteiger partial charge in [0, 0.05) is 6.04 Å². The summed E-state index contributed by atoms with van der Waals surface area (Å²) in [5, 5.41) is 12.1. The second-order valence-corrected chi connectivity index (χ2v) is 4.89. The average Bonchev–Trinajstić information content (AvgIpc) is 2.62. The van der Waals surface area contributed by atoms with Crippen molar-refractivity contribution in [2.24, 2.45) is 5.41 Å². The van der Waals surface area contributed by atoms with Crippen LogP contribution >= 0.6 is 0 Å². The molecule has 2 fully saturated rings. The molecule has 1 spiro atoms. The maximum absolute atomic E-state index is 10.7. The van der Waals surface area contributed by atoms with E-state index in [9.17, 15) is 4.79 Å². The fraction of sp³-hybridized carbons (Fsp3) is 0.909. The molecule has 2 saturated carbocycles. The number of carbonyl (C=O) groups is 1. The zero-order valence-electron chi connectivity index (χ0n) is 8.75. The summed E-state index contributed by atoms with van der Waals surface area (Å²) in [5.74, 6) is -0.731. The van der Waals surface area contributed by atoms with Crippen molar-refractivity contribution in [2.45, 2.75) is 57.5 Å². The maximum atomic E-state index is 10.7. The van der Waals surface area contributed by atoms with Gasteiger partial charge in [0.2, 0.25) is 0 Å². The Labute approximate surface area is 84.9 Å². The van der Waals surface area contributed by atoms with Crippen LogP contribution in [0.1, 0.15) is 45.4 Å². The van der Waals surface area contributed by atoms with Crippen molar-refractivity contribution in [2.75, 3.05) is 0 Å². The van der Waals surface area contributed by atoms with Crippen LogP contribution in [0.15, 0.2) is 0 Å². The first-order chi connectivity index (χ1) is 6.64. The van der Waals surface area contributed by atoms with Crippen molar-refractivity contribution in [3.63, 3.8) is 0 Å². The van der Waals surface area contributed by atoms with E-state index in [2.05, 4.69) is 5.32 Å². The number of hydrogen-bond donors (Lipinski definition) is 2. The Balaban J connectivity index is 1.90. The van der Waals surface area contributed by atoms with Crippen molar-refractivity contribution in [3.05, 3.63) is 0 Å². The molecular weight excluding hydrogens is 178 g/mol. The zero-order valence-corrected chi connectivity index (χ0v) is 8.75. The molecular formula is C11H19NO2. The van der Waals surface area contributed by atoms with Crippen LogP contribution in [0.4, 0.5) is 0 Å². The van der Waals surface area contributed by atoms with Crippen molar-refractivity contribution in [3.8, 4) is 0 Å². The van der Waals surface area contributed by atoms with E-state index in [-0.39, 0.29) is 0 Å². The highest BCUT2D eigenvalue weighted by Gasteiger charge is 2.48. The number of nitrogens with one attached hydrogen (secondary N) is 1. The molecule has 0 aromatic carbocycles. The first kappa shape index (κ1) is 9.97. The van der Waals surface area contributed by atoms with Gasteiger partial charge in [0.05, 0.1) is 0 Å². The Kier molecular flexibility index (Phi) is 2.52. The molecule has 0 heterocycles. The fourth-order valence-corrected chi connectivity index (χ4v) is 3.01. The highest BCUT2D eigenvalue weighted by atomic mass is 16.4. The molecule has 2 atom stereocenters. The first-order valence-corrected chi connectivity index (χ1v) is 5.63. The Morgan fingerprint density at radius 2 is 2.07 bits per heavy atom. The molecule has 3 heteroatoms. The predicted molar refractivity (Wildman–Crippen MR) is 54.2 cm³/mol. The summed E-state index contributed by atoms with van der Waals surface area (Å²) in [6.45, 7) is 1.74. The number of carboxylic acid groups (broad SMARTS) is 1. The molecule has 14 heavy (non-hydrogen) atoms. The lowest BCUT2D eigenvalue weighted by atomic mass is 9.63. The summed E-state index contributed by atoms with van der Waals surface area (Å²) in [4.78, 5) is 10.7. The lowest BCUT2D eigenvalue weighted by molar-refractivity contribution is -0.139. The third-order valence-corrected chi connectivity index (χ3v) is 4.09. The van der Waals surface area contributed by atoms with Gasteiger partial charge in [-0.15, -0.1) is 0 Å². The second kappa shape index (κ2) is 3.54. The van der Waals surface area contributed by atoms with E-state index in [1.165, 1.54) is 32.1 Å². The van der Waals surface area contributed by atoms with E-state index >= 15 is 0 Å². The predicted octanol–water partition coefficient (Wildman–Crippen LogP) is 1.77. The first-order valence-electron chi connectivity index (χ1n) is 5.63. The lowest BCUT2D eigenvalue weighted by Gasteiger charge is -2.48. The molecule has 80 valence electrons. The van der Waals surface area contributed by atoms with E-state index in [0.29, 0.717) is 11.5 Å². The van der Waals surface area contributed by atoms with Crippen molar-refractivity contribution in [1.29, 1.82) is 0 Å². The van der Waals surface area contributed by atoms with Gasteiger partial charge in [-0.05, 0) is 38.0 Å². The Morgan fingerprint density at radius 1 is 1.43 bits per heavy atom. The molecule has 2 rings (SSSR count). The van der Waals surface area contributed by atoms with Crippen LogP contribution in [0.25, 0.3) is 0 Å². The van der Waals surface area contributed by atoms with Crippen LogP contribution in [0.2, 0.25) is 0 Å². The molecule has 3 nitrogen and oxygen atoms in total.